The number of methoxy groups -OCH3 is 3. The Morgan fingerprint density at radius 3 is 2.45 bits per heavy atom. The Balaban J connectivity index is 2.39. The number of hydrogen-bond donors (Lipinski definition) is 2. The number of nitrogens with one attached hydrogen (secondary N) is 2. The summed E-state index contributed by atoms with van der Waals surface area (Å²) in [5, 5.41) is 0.366. The summed E-state index contributed by atoms with van der Waals surface area (Å²) in [5.74, 6) is 1.59. The molecule has 2 heterocycles. The smallest absolute Gasteiger partial charge is 0.259 e. The van der Waals surface area contributed by atoms with Gasteiger partial charge in [-0.05, 0) is 18.2 Å². The minimum Gasteiger partial charge on any atom is -0.493 e. The molecule has 0 bridgehead atoms. The molecule has 0 aliphatic rings. The number of hydrogen-bond acceptors (Lipinski definition) is 5. The fourth-order valence-corrected chi connectivity index (χ4v) is 2.34. The van der Waals surface area contributed by atoms with Crippen molar-refractivity contribution in [2.24, 2.45) is 0 Å². The molecular formula is C15H15N3O4. The number of ether oxygens (including phenoxy) is 3. The molecule has 0 unspecified atom stereocenters. The lowest BCUT2D eigenvalue weighted by atomic mass is 10.2. The van der Waals surface area contributed by atoms with E-state index in [9.17, 15) is 4.79 Å². The average molecular weight is 301 g/mol. The molecule has 7 heteroatoms. The van der Waals surface area contributed by atoms with Gasteiger partial charge in [-0.3, -0.25) is 4.79 Å². The quantitative estimate of drug-likeness (QED) is 0.768. The van der Waals surface area contributed by atoms with Crippen molar-refractivity contribution < 1.29 is 14.2 Å². The predicted octanol–water partition coefficient (Wildman–Crippen LogP) is 1.94. The van der Waals surface area contributed by atoms with E-state index in [1.54, 1.807) is 12.3 Å². The number of fused-ring (bicyclic) bond motifs is 1. The van der Waals surface area contributed by atoms with Crippen LogP contribution >= 0.6 is 0 Å². The van der Waals surface area contributed by atoms with Gasteiger partial charge in [-0.1, -0.05) is 0 Å². The topological polar surface area (TPSA) is 89.2 Å². The van der Waals surface area contributed by atoms with Gasteiger partial charge in [-0.15, -0.1) is 0 Å². The van der Waals surface area contributed by atoms with E-state index in [0.29, 0.717) is 39.7 Å². The van der Waals surface area contributed by atoms with Crippen LogP contribution < -0.4 is 19.8 Å². The fraction of sp³-hybridized carbons (Fsp3) is 0.200. The average Bonchev–Trinajstić information content (AvgIpc) is 3.07. The highest BCUT2D eigenvalue weighted by molar-refractivity contribution is 5.90. The van der Waals surface area contributed by atoms with Gasteiger partial charge < -0.3 is 24.2 Å². The van der Waals surface area contributed by atoms with Crippen LogP contribution in [0.4, 0.5) is 0 Å². The van der Waals surface area contributed by atoms with Crippen molar-refractivity contribution in [1.29, 1.82) is 0 Å². The van der Waals surface area contributed by atoms with Gasteiger partial charge in [0.1, 0.15) is 5.52 Å². The molecule has 2 N–H and O–H groups in total. The van der Waals surface area contributed by atoms with E-state index in [1.807, 2.05) is 12.1 Å². The summed E-state index contributed by atoms with van der Waals surface area (Å²) in [6.45, 7) is 0. The third-order valence-corrected chi connectivity index (χ3v) is 3.36. The number of aromatic nitrogens is 3. The van der Waals surface area contributed by atoms with E-state index in [2.05, 4.69) is 15.0 Å². The molecule has 114 valence electrons. The Morgan fingerprint density at radius 1 is 1.09 bits per heavy atom. The van der Waals surface area contributed by atoms with Crippen LogP contribution in [0.3, 0.4) is 0 Å². The lowest BCUT2D eigenvalue weighted by molar-refractivity contribution is 0.327. The zero-order valence-electron chi connectivity index (χ0n) is 12.4. The van der Waals surface area contributed by atoms with Crippen molar-refractivity contribution in [1.82, 2.24) is 15.0 Å². The molecule has 0 atom stereocenters. The van der Waals surface area contributed by atoms with E-state index in [-0.39, 0.29) is 5.56 Å². The van der Waals surface area contributed by atoms with Gasteiger partial charge in [0.15, 0.2) is 17.3 Å². The molecule has 0 aliphatic heterocycles. The Hall–Kier alpha value is -2.96. The molecule has 1 aromatic carbocycles. The van der Waals surface area contributed by atoms with Crippen molar-refractivity contribution >= 4 is 10.9 Å². The summed E-state index contributed by atoms with van der Waals surface area (Å²) in [5.41, 5.74) is 0.832. The summed E-state index contributed by atoms with van der Waals surface area (Å²) in [4.78, 5) is 22.6. The minimum atomic E-state index is -0.283. The summed E-state index contributed by atoms with van der Waals surface area (Å²) >= 11 is 0. The Bertz CT molecular complexity index is 869. The maximum absolute atomic E-state index is 12.4. The monoisotopic (exact) mass is 301 g/mol. The Morgan fingerprint density at radius 2 is 1.86 bits per heavy atom. The normalized spacial score (nSPS) is 10.7. The highest BCUT2D eigenvalue weighted by atomic mass is 16.5. The first-order chi connectivity index (χ1) is 10.7. The van der Waals surface area contributed by atoms with Gasteiger partial charge in [0.25, 0.3) is 5.56 Å². The molecule has 0 saturated heterocycles. The van der Waals surface area contributed by atoms with Crippen LogP contribution in [0.25, 0.3) is 22.4 Å². The largest absolute Gasteiger partial charge is 0.493 e. The van der Waals surface area contributed by atoms with Crippen molar-refractivity contribution in [3.63, 3.8) is 0 Å². The summed E-state index contributed by atoms with van der Waals surface area (Å²) in [6, 6.07) is 5.23. The highest BCUT2D eigenvalue weighted by Gasteiger charge is 2.20. The maximum Gasteiger partial charge on any atom is 0.259 e. The third kappa shape index (κ3) is 2.07. The molecule has 22 heavy (non-hydrogen) atoms. The molecule has 3 rings (SSSR count). The van der Waals surface area contributed by atoms with Crippen molar-refractivity contribution in [3.8, 4) is 28.8 Å². The molecule has 0 aliphatic carbocycles. The van der Waals surface area contributed by atoms with Crippen LogP contribution in [0.15, 0.2) is 29.2 Å². The van der Waals surface area contributed by atoms with Crippen LogP contribution in [-0.4, -0.2) is 36.3 Å². The first-order valence-electron chi connectivity index (χ1n) is 6.56. The standard InChI is InChI=1S/C15H15N3O4/c1-20-10-7-8-11(13(22-3)12(10)21-2)17-14(18-15(8)19)9-5-4-6-16-9/h4-7,16H,1-3H3,(H,17,18,19). The molecule has 0 amide bonds. The molecule has 2 aromatic heterocycles. The highest BCUT2D eigenvalue weighted by Crippen LogP contribution is 2.41. The van der Waals surface area contributed by atoms with Crippen LogP contribution in [0.1, 0.15) is 0 Å². The van der Waals surface area contributed by atoms with Crippen LogP contribution in [0.5, 0.6) is 17.2 Å². The van der Waals surface area contributed by atoms with Gasteiger partial charge in [0.2, 0.25) is 5.75 Å². The molecule has 0 radical (unpaired) electrons. The van der Waals surface area contributed by atoms with Crippen molar-refractivity contribution in [2.75, 3.05) is 21.3 Å². The van der Waals surface area contributed by atoms with Gasteiger partial charge in [0, 0.05) is 6.20 Å². The Kier molecular flexibility index (Phi) is 3.46. The molecule has 3 aromatic rings. The van der Waals surface area contributed by atoms with Gasteiger partial charge >= 0.3 is 0 Å². The van der Waals surface area contributed by atoms with Crippen LogP contribution in [-0.2, 0) is 0 Å². The fourth-order valence-electron chi connectivity index (χ4n) is 2.34. The molecule has 0 saturated carbocycles. The number of H-pyrrole nitrogens is 2. The van der Waals surface area contributed by atoms with Gasteiger partial charge in [0.05, 0.1) is 32.4 Å². The molecule has 7 nitrogen and oxygen atoms in total. The van der Waals surface area contributed by atoms with E-state index in [1.165, 1.54) is 21.3 Å². The number of aromatic amines is 2. The first-order valence-corrected chi connectivity index (χ1v) is 6.56. The number of nitrogens with zero attached hydrogens (tertiary/aromatic N) is 1. The third-order valence-electron chi connectivity index (χ3n) is 3.36. The second kappa shape index (κ2) is 5.44. The second-order valence-electron chi connectivity index (χ2n) is 4.54. The first kappa shape index (κ1) is 14.0. The van der Waals surface area contributed by atoms with Gasteiger partial charge in [-0.25, -0.2) is 4.98 Å². The summed E-state index contributed by atoms with van der Waals surface area (Å²) < 4.78 is 16.0. The van der Waals surface area contributed by atoms with Crippen molar-refractivity contribution in [2.45, 2.75) is 0 Å². The predicted molar refractivity (Wildman–Crippen MR) is 81.8 cm³/mol. The number of rotatable bonds is 4. The SMILES string of the molecule is COc1cc2c(=O)[nH]c(-c3ccc[nH]3)nc2c(OC)c1OC. The van der Waals surface area contributed by atoms with Crippen molar-refractivity contribution in [3.05, 3.63) is 34.7 Å². The summed E-state index contributed by atoms with van der Waals surface area (Å²) in [6.07, 6.45) is 1.76. The lowest BCUT2D eigenvalue weighted by Gasteiger charge is -2.14. The molecule has 0 fully saturated rings. The van der Waals surface area contributed by atoms with E-state index >= 15 is 0 Å². The second-order valence-corrected chi connectivity index (χ2v) is 4.54. The molecule has 0 spiro atoms. The summed E-state index contributed by atoms with van der Waals surface area (Å²) in [7, 11) is 4.50. The Labute approximate surface area is 125 Å². The van der Waals surface area contributed by atoms with Gasteiger partial charge in [-0.2, -0.15) is 0 Å². The zero-order valence-corrected chi connectivity index (χ0v) is 12.4. The van der Waals surface area contributed by atoms with E-state index in [0.717, 1.165) is 0 Å². The van der Waals surface area contributed by atoms with E-state index < -0.39 is 0 Å². The number of benzene rings is 1. The molecular weight excluding hydrogens is 286 g/mol. The van der Waals surface area contributed by atoms with Crippen LogP contribution in [0.2, 0.25) is 0 Å². The van der Waals surface area contributed by atoms with Crippen LogP contribution in [0, 0.1) is 0 Å². The maximum atomic E-state index is 12.4. The lowest BCUT2D eigenvalue weighted by Crippen LogP contribution is -2.11. The van der Waals surface area contributed by atoms with E-state index in [4.69, 9.17) is 14.2 Å². The minimum absolute atomic E-state index is 0.283. The zero-order chi connectivity index (χ0) is 15.7.